The van der Waals surface area contributed by atoms with Gasteiger partial charge in [0.2, 0.25) is 5.91 Å². The summed E-state index contributed by atoms with van der Waals surface area (Å²) in [6.07, 6.45) is 4.09. The summed E-state index contributed by atoms with van der Waals surface area (Å²) in [5.41, 5.74) is 5.16. The molecular formula is C15H29N3O2. The number of ether oxygens (including phenoxy) is 1. The Balaban J connectivity index is 2.08. The number of carbonyl (C=O) groups excluding carboxylic acids is 1. The van der Waals surface area contributed by atoms with Gasteiger partial charge in [-0.25, -0.2) is 0 Å². The zero-order valence-electron chi connectivity index (χ0n) is 13.0. The average molecular weight is 283 g/mol. The monoisotopic (exact) mass is 283 g/mol. The van der Waals surface area contributed by atoms with Gasteiger partial charge in [-0.3, -0.25) is 9.69 Å². The van der Waals surface area contributed by atoms with Crippen molar-refractivity contribution in [1.82, 2.24) is 10.2 Å². The second-order valence-corrected chi connectivity index (χ2v) is 6.28. The third-order valence-corrected chi connectivity index (χ3v) is 4.93. The zero-order chi connectivity index (χ0) is 14.8. The first kappa shape index (κ1) is 15.7. The molecule has 20 heavy (non-hydrogen) atoms. The highest BCUT2D eigenvalue weighted by atomic mass is 16.5. The van der Waals surface area contributed by atoms with Gasteiger partial charge in [0.25, 0.3) is 0 Å². The van der Waals surface area contributed by atoms with E-state index in [1.165, 1.54) is 0 Å². The van der Waals surface area contributed by atoms with Gasteiger partial charge in [0.05, 0.1) is 18.2 Å². The number of carbonyl (C=O) groups is 1. The Bertz CT molecular complexity index is 350. The van der Waals surface area contributed by atoms with Crippen molar-refractivity contribution < 1.29 is 9.53 Å². The summed E-state index contributed by atoms with van der Waals surface area (Å²) in [4.78, 5) is 14.4. The van der Waals surface area contributed by atoms with E-state index in [1.54, 1.807) is 0 Å². The average Bonchev–Trinajstić information content (AvgIpc) is 2.85. The lowest BCUT2D eigenvalue weighted by molar-refractivity contribution is -0.124. The highest BCUT2D eigenvalue weighted by Crippen LogP contribution is 2.35. The third-order valence-electron chi connectivity index (χ3n) is 4.93. The van der Waals surface area contributed by atoms with Gasteiger partial charge in [0.15, 0.2) is 0 Å². The summed E-state index contributed by atoms with van der Waals surface area (Å²) in [7, 11) is 0. The summed E-state index contributed by atoms with van der Waals surface area (Å²) < 4.78 is 5.77. The molecule has 5 nitrogen and oxygen atoms in total. The van der Waals surface area contributed by atoms with Crippen LogP contribution in [0, 0.1) is 0 Å². The largest absolute Gasteiger partial charge is 0.376 e. The van der Waals surface area contributed by atoms with Gasteiger partial charge >= 0.3 is 0 Å². The number of hydrogen-bond donors (Lipinski definition) is 2. The molecular weight excluding hydrogens is 254 g/mol. The molecule has 1 saturated heterocycles. The molecule has 1 aliphatic heterocycles. The minimum absolute atomic E-state index is 0.198. The van der Waals surface area contributed by atoms with Crippen LogP contribution in [0.1, 0.15) is 46.5 Å². The lowest BCUT2D eigenvalue weighted by Gasteiger charge is -2.42. The highest BCUT2D eigenvalue weighted by molar-refractivity contribution is 5.85. The summed E-state index contributed by atoms with van der Waals surface area (Å²) >= 11 is 0. The molecule has 116 valence electrons. The van der Waals surface area contributed by atoms with Crippen LogP contribution in [-0.4, -0.2) is 54.2 Å². The SMILES string of the molecule is CCNC1(C(N)=O)CCC(N2CC(C)OCC2CC)C1. The summed E-state index contributed by atoms with van der Waals surface area (Å²) in [6, 6.07) is 0.916. The van der Waals surface area contributed by atoms with Crippen LogP contribution in [0.5, 0.6) is 0 Å². The number of nitrogens with two attached hydrogens (primary N) is 1. The first-order valence-electron chi connectivity index (χ1n) is 7.94. The van der Waals surface area contributed by atoms with Gasteiger partial charge < -0.3 is 15.8 Å². The fourth-order valence-corrected chi connectivity index (χ4v) is 3.78. The first-order valence-corrected chi connectivity index (χ1v) is 7.94. The second kappa shape index (κ2) is 6.41. The molecule has 0 spiro atoms. The first-order chi connectivity index (χ1) is 9.52. The molecule has 1 amide bonds. The number of likely N-dealkylation sites (N-methyl/N-ethyl adjacent to an activating group) is 1. The van der Waals surface area contributed by atoms with Crippen molar-refractivity contribution in [2.45, 2.75) is 70.2 Å². The van der Waals surface area contributed by atoms with Crippen molar-refractivity contribution in [3.63, 3.8) is 0 Å². The molecule has 0 bridgehead atoms. The Hall–Kier alpha value is -0.650. The molecule has 1 heterocycles. The minimum atomic E-state index is -0.501. The quantitative estimate of drug-likeness (QED) is 0.786. The van der Waals surface area contributed by atoms with E-state index < -0.39 is 5.54 Å². The molecule has 1 aliphatic carbocycles. The Morgan fingerprint density at radius 1 is 1.50 bits per heavy atom. The second-order valence-electron chi connectivity index (χ2n) is 6.28. The van der Waals surface area contributed by atoms with Gasteiger partial charge in [-0.05, 0) is 39.2 Å². The topological polar surface area (TPSA) is 67.6 Å². The predicted octanol–water partition coefficient (Wildman–Crippen LogP) is 0.872. The van der Waals surface area contributed by atoms with E-state index >= 15 is 0 Å². The maximum Gasteiger partial charge on any atom is 0.237 e. The van der Waals surface area contributed by atoms with Crippen LogP contribution < -0.4 is 11.1 Å². The Kier molecular flexibility index (Phi) is 5.04. The summed E-state index contributed by atoms with van der Waals surface area (Å²) in [5.74, 6) is -0.198. The van der Waals surface area contributed by atoms with E-state index in [0.717, 1.165) is 45.4 Å². The smallest absolute Gasteiger partial charge is 0.237 e. The van der Waals surface area contributed by atoms with Gasteiger partial charge in [-0.1, -0.05) is 13.8 Å². The summed E-state index contributed by atoms with van der Waals surface area (Å²) in [5, 5.41) is 3.34. The standard InChI is InChI=1S/C15H29N3O2/c1-4-12-10-20-11(3)9-18(12)13-6-7-15(8-13,14(16)19)17-5-2/h11-13,17H,4-10H2,1-3H3,(H2,16,19). The van der Waals surface area contributed by atoms with Crippen molar-refractivity contribution in [3.8, 4) is 0 Å². The van der Waals surface area contributed by atoms with Crippen molar-refractivity contribution in [3.05, 3.63) is 0 Å². The van der Waals surface area contributed by atoms with Crippen LogP contribution >= 0.6 is 0 Å². The molecule has 5 heteroatoms. The van der Waals surface area contributed by atoms with Crippen LogP contribution in [-0.2, 0) is 9.53 Å². The van der Waals surface area contributed by atoms with Crippen LogP contribution in [0.25, 0.3) is 0 Å². The Morgan fingerprint density at radius 2 is 2.25 bits per heavy atom. The molecule has 0 radical (unpaired) electrons. The van der Waals surface area contributed by atoms with Gasteiger partial charge in [-0.15, -0.1) is 0 Å². The molecule has 1 saturated carbocycles. The highest BCUT2D eigenvalue weighted by Gasteiger charge is 2.46. The lowest BCUT2D eigenvalue weighted by Crippen LogP contribution is -2.56. The molecule has 0 aromatic heterocycles. The van der Waals surface area contributed by atoms with Crippen LogP contribution in [0.4, 0.5) is 0 Å². The number of nitrogens with one attached hydrogen (secondary N) is 1. The summed E-state index contributed by atoms with van der Waals surface area (Å²) in [6.45, 7) is 8.91. The van der Waals surface area contributed by atoms with Crippen molar-refractivity contribution >= 4 is 5.91 Å². The Morgan fingerprint density at radius 3 is 2.85 bits per heavy atom. The maximum absolute atomic E-state index is 11.9. The molecule has 2 fully saturated rings. The normalized spacial score (nSPS) is 39.0. The number of morpholine rings is 1. The fraction of sp³-hybridized carbons (Fsp3) is 0.933. The number of rotatable bonds is 5. The minimum Gasteiger partial charge on any atom is -0.376 e. The van der Waals surface area contributed by atoms with Crippen LogP contribution in [0.15, 0.2) is 0 Å². The van der Waals surface area contributed by atoms with Crippen molar-refractivity contribution in [2.75, 3.05) is 19.7 Å². The molecule has 4 unspecified atom stereocenters. The predicted molar refractivity (Wildman–Crippen MR) is 79.4 cm³/mol. The van der Waals surface area contributed by atoms with E-state index in [-0.39, 0.29) is 12.0 Å². The fourth-order valence-electron chi connectivity index (χ4n) is 3.78. The maximum atomic E-state index is 11.9. The Labute approximate surface area is 122 Å². The molecule has 2 rings (SSSR count). The van der Waals surface area contributed by atoms with E-state index in [9.17, 15) is 4.79 Å². The van der Waals surface area contributed by atoms with Crippen LogP contribution in [0.3, 0.4) is 0 Å². The van der Waals surface area contributed by atoms with Crippen molar-refractivity contribution in [1.29, 1.82) is 0 Å². The van der Waals surface area contributed by atoms with E-state index in [0.29, 0.717) is 12.1 Å². The van der Waals surface area contributed by atoms with Gasteiger partial charge in [0, 0.05) is 18.6 Å². The molecule has 3 N–H and O–H groups in total. The number of primary amides is 1. The van der Waals surface area contributed by atoms with Gasteiger partial charge in [-0.2, -0.15) is 0 Å². The molecule has 4 atom stereocenters. The van der Waals surface area contributed by atoms with E-state index in [1.807, 2.05) is 6.92 Å². The zero-order valence-corrected chi connectivity index (χ0v) is 13.0. The van der Waals surface area contributed by atoms with E-state index in [4.69, 9.17) is 10.5 Å². The lowest BCUT2D eigenvalue weighted by atomic mass is 9.95. The molecule has 0 aromatic carbocycles. The van der Waals surface area contributed by atoms with Gasteiger partial charge in [0.1, 0.15) is 0 Å². The number of amides is 1. The van der Waals surface area contributed by atoms with Crippen molar-refractivity contribution in [2.24, 2.45) is 5.73 Å². The number of nitrogens with zero attached hydrogens (tertiary/aromatic N) is 1. The molecule has 2 aliphatic rings. The molecule has 0 aromatic rings. The third kappa shape index (κ3) is 3.00. The van der Waals surface area contributed by atoms with Crippen LogP contribution in [0.2, 0.25) is 0 Å². The number of hydrogen-bond acceptors (Lipinski definition) is 4. The van der Waals surface area contributed by atoms with E-state index in [2.05, 4.69) is 24.1 Å².